The lowest BCUT2D eigenvalue weighted by Gasteiger charge is -2.45. The summed E-state index contributed by atoms with van der Waals surface area (Å²) in [6.07, 6.45) is -2.11. The van der Waals surface area contributed by atoms with Gasteiger partial charge in [0.1, 0.15) is 12.2 Å². The number of aliphatic hydroxyl groups excluding tert-OH is 4. The molecule has 0 bridgehead atoms. The van der Waals surface area contributed by atoms with Gasteiger partial charge in [0.15, 0.2) is 4.93 Å². The second kappa shape index (κ2) is 7.78. The number of aryl methyl sites for hydroxylation is 1. The Morgan fingerprint density at radius 1 is 1.00 bits per heavy atom. The molecule has 150 valence electrons. The lowest BCUT2D eigenvalue weighted by Crippen LogP contribution is -2.58. The fourth-order valence-corrected chi connectivity index (χ4v) is 5.61. The van der Waals surface area contributed by atoms with Crippen molar-refractivity contribution < 1.29 is 25.2 Å². The van der Waals surface area contributed by atoms with E-state index >= 15 is 0 Å². The van der Waals surface area contributed by atoms with Crippen molar-refractivity contribution in [2.24, 2.45) is 0 Å². The van der Waals surface area contributed by atoms with E-state index in [2.05, 4.69) is 37.3 Å². The zero-order valence-electron chi connectivity index (χ0n) is 15.8. The maximum Gasteiger partial charge on any atom is 0.168 e. The van der Waals surface area contributed by atoms with E-state index in [9.17, 15) is 20.4 Å². The highest BCUT2D eigenvalue weighted by atomic mass is 32.2. The van der Waals surface area contributed by atoms with Crippen molar-refractivity contribution in [3.8, 4) is 0 Å². The first-order valence-electron chi connectivity index (χ1n) is 9.65. The third kappa shape index (κ3) is 3.28. The van der Waals surface area contributed by atoms with Gasteiger partial charge in [-0.3, -0.25) is 0 Å². The molecule has 1 saturated heterocycles. The van der Waals surface area contributed by atoms with Crippen LogP contribution in [-0.4, -0.2) is 50.6 Å². The maximum atomic E-state index is 10.8. The first-order chi connectivity index (χ1) is 13.5. The molecule has 28 heavy (non-hydrogen) atoms. The van der Waals surface area contributed by atoms with E-state index in [1.807, 2.05) is 12.1 Å². The van der Waals surface area contributed by atoms with Crippen LogP contribution in [0.2, 0.25) is 0 Å². The van der Waals surface area contributed by atoms with Crippen LogP contribution in [-0.2, 0) is 29.1 Å². The Morgan fingerprint density at radius 2 is 1.68 bits per heavy atom. The summed E-state index contributed by atoms with van der Waals surface area (Å²) in [5, 5.41) is 40.2. The van der Waals surface area contributed by atoms with Crippen LogP contribution < -0.4 is 0 Å². The Balaban J connectivity index is 1.66. The standard InChI is InChI=1S/C22H26O5S/c1-2-13-3-5-14(6-4-13)9-15-7-8-16-12-27-22(17(16)10-15)21(26)20(25)19(24)18(11-23)28-22/h3-8,10,18-21,23-26H,2,9,11-12H2,1H3/t18-,19-,20+,21-,22+/m1/s1. The largest absolute Gasteiger partial charge is 0.395 e. The van der Waals surface area contributed by atoms with Gasteiger partial charge in [-0.25, -0.2) is 0 Å². The van der Waals surface area contributed by atoms with Gasteiger partial charge in [0.05, 0.1) is 24.6 Å². The quantitative estimate of drug-likeness (QED) is 0.623. The molecule has 4 N–H and O–H groups in total. The zero-order chi connectivity index (χ0) is 19.9. The van der Waals surface area contributed by atoms with E-state index in [0.29, 0.717) is 6.61 Å². The van der Waals surface area contributed by atoms with Crippen LogP contribution in [0, 0.1) is 0 Å². The molecule has 2 aromatic rings. The van der Waals surface area contributed by atoms with Gasteiger partial charge in [0.25, 0.3) is 0 Å². The van der Waals surface area contributed by atoms with Gasteiger partial charge in [-0.05, 0) is 35.1 Å². The van der Waals surface area contributed by atoms with Crippen LogP contribution in [0.25, 0.3) is 0 Å². The van der Waals surface area contributed by atoms with Crippen molar-refractivity contribution in [1.82, 2.24) is 0 Å². The first-order valence-corrected chi connectivity index (χ1v) is 10.5. The number of thioether (sulfide) groups is 1. The fraction of sp³-hybridized carbons (Fsp3) is 0.455. The molecule has 2 heterocycles. The van der Waals surface area contributed by atoms with E-state index in [4.69, 9.17) is 4.74 Å². The lowest BCUT2D eigenvalue weighted by atomic mass is 9.91. The molecule has 0 aromatic heterocycles. The van der Waals surface area contributed by atoms with Crippen molar-refractivity contribution in [3.63, 3.8) is 0 Å². The molecule has 0 unspecified atom stereocenters. The third-order valence-corrected chi connectivity index (χ3v) is 7.44. The summed E-state index contributed by atoms with van der Waals surface area (Å²) in [5.41, 5.74) is 5.36. The highest BCUT2D eigenvalue weighted by molar-refractivity contribution is 8.00. The molecular weight excluding hydrogens is 376 g/mol. The number of rotatable bonds is 4. The molecule has 4 rings (SSSR count). The van der Waals surface area contributed by atoms with E-state index in [0.717, 1.165) is 29.5 Å². The average Bonchev–Trinajstić information content (AvgIpc) is 3.08. The Hall–Kier alpha value is -1.41. The summed E-state index contributed by atoms with van der Waals surface area (Å²) < 4.78 is 5.98. The monoisotopic (exact) mass is 402 g/mol. The van der Waals surface area contributed by atoms with Crippen LogP contribution in [0.5, 0.6) is 0 Å². The van der Waals surface area contributed by atoms with E-state index in [1.54, 1.807) is 0 Å². The molecule has 5 nitrogen and oxygen atoms in total. The highest BCUT2D eigenvalue weighted by Gasteiger charge is 2.57. The SMILES string of the molecule is CCc1ccc(Cc2ccc3c(c2)[C@]2(OC3)S[C@H](CO)[C@@H](O)[C@H](O)[C@H]2O)cc1. The maximum absolute atomic E-state index is 10.8. The number of hydrogen-bond donors (Lipinski definition) is 4. The second-order valence-electron chi connectivity index (χ2n) is 7.56. The normalized spacial score (nSPS) is 31.9. The van der Waals surface area contributed by atoms with Crippen LogP contribution in [0.1, 0.15) is 34.7 Å². The number of benzene rings is 2. The smallest absolute Gasteiger partial charge is 0.168 e. The van der Waals surface area contributed by atoms with Gasteiger partial charge in [-0.15, -0.1) is 11.8 Å². The first kappa shape index (κ1) is 19.9. The summed E-state index contributed by atoms with van der Waals surface area (Å²) in [7, 11) is 0. The minimum absolute atomic E-state index is 0.306. The lowest BCUT2D eigenvalue weighted by molar-refractivity contribution is -0.147. The number of aliphatic hydroxyl groups is 4. The van der Waals surface area contributed by atoms with Crippen LogP contribution in [0.3, 0.4) is 0 Å². The van der Waals surface area contributed by atoms with Crippen molar-refractivity contribution in [2.45, 2.75) is 54.9 Å². The van der Waals surface area contributed by atoms with Gasteiger partial charge >= 0.3 is 0 Å². The topological polar surface area (TPSA) is 90.2 Å². The van der Waals surface area contributed by atoms with Crippen LogP contribution >= 0.6 is 11.8 Å². The molecule has 0 aliphatic carbocycles. The summed E-state index contributed by atoms with van der Waals surface area (Å²) in [4.78, 5) is -1.18. The molecule has 2 aliphatic rings. The van der Waals surface area contributed by atoms with Gasteiger partial charge in [0, 0.05) is 5.56 Å². The number of fused-ring (bicyclic) bond motifs is 2. The predicted octanol–water partition coefficient (Wildman–Crippen LogP) is 1.71. The molecule has 1 spiro atoms. The molecule has 2 aliphatic heterocycles. The molecule has 2 aromatic carbocycles. The van der Waals surface area contributed by atoms with E-state index in [1.165, 1.54) is 22.9 Å². The summed E-state index contributed by atoms with van der Waals surface area (Å²) in [6, 6.07) is 14.6. The Bertz CT molecular complexity index is 837. The van der Waals surface area contributed by atoms with Gasteiger partial charge in [0.2, 0.25) is 0 Å². The Labute approximate surface area is 169 Å². The molecule has 0 amide bonds. The third-order valence-electron chi connectivity index (χ3n) is 5.78. The van der Waals surface area contributed by atoms with Crippen molar-refractivity contribution >= 4 is 11.8 Å². The summed E-state index contributed by atoms with van der Waals surface area (Å²) >= 11 is 1.19. The van der Waals surface area contributed by atoms with Crippen molar-refractivity contribution in [1.29, 1.82) is 0 Å². The number of ether oxygens (including phenoxy) is 1. The molecule has 0 saturated carbocycles. The second-order valence-corrected chi connectivity index (χ2v) is 9.01. The average molecular weight is 403 g/mol. The zero-order valence-corrected chi connectivity index (χ0v) is 16.6. The molecule has 1 fully saturated rings. The fourth-order valence-electron chi connectivity index (χ4n) is 4.06. The Kier molecular flexibility index (Phi) is 5.53. The van der Waals surface area contributed by atoms with Gasteiger partial charge in [-0.2, -0.15) is 0 Å². The van der Waals surface area contributed by atoms with E-state index < -0.39 is 28.5 Å². The van der Waals surface area contributed by atoms with E-state index in [-0.39, 0.29) is 6.61 Å². The van der Waals surface area contributed by atoms with Crippen LogP contribution in [0.4, 0.5) is 0 Å². The minimum Gasteiger partial charge on any atom is -0.395 e. The van der Waals surface area contributed by atoms with Gasteiger partial charge in [-0.1, -0.05) is 49.4 Å². The number of hydrogen-bond acceptors (Lipinski definition) is 6. The van der Waals surface area contributed by atoms with Crippen molar-refractivity contribution in [2.75, 3.05) is 6.61 Å². The molecular formula is C22H26O5S. The molecule has 0 radical (unpaired) electrons. The summed E-state index contributed by atoms with van der Waals surface area (Å²) in [5.74, 6) is 0. The molecule has 5 atom stereocenters. The van der Waals surface area contributed by atoms with Crippen LogP contribution in [0.15, 0.2) is 42.5 Å². The highest BCUT2D eigenvalue weighted by Crippen LogP contribution is 2.54. The predicted molar refractivity (Wildman–Crippen MR) is 108 cm³/mol. The Morgan fingerprint density at radius 3 is 2.36 bits per heavy atom. The molecule has 6 heteroatoms. The van der Waals surface area contributed by atoms with Gasteiger partial charge < -0.3 is 25.2 Å². The minimum atomic E-state index is -1.38. The van der Waals surface area contributed by atoms with Crippen molar-refractivity contribution in [3.05, 3.63) is 70.3 Å². The summed E-state index contributed by atoms with van der Waals surface area (Å²) in [6.45, 7) is 2.15.